The molecule has 4 aliphatic rings. The van der Waals surface area contributed by atoms with Crippen LogP contribution in [0, 0.1) is 0 Å². The van der Waals surface area contributed by atoms with Gasteiger partial charge in [-0.05, 0) is 50.7 Å². The van der Waals surface area contributed by atoms with Gasteiger partial charge in [0.25, 0.3) is 0 Å². The molecule has 0 saturated carbocycles. The molecule has 2 aliphatic carbocycles. The molecule has 0 saturated heterocycles. The molecule has 0 aromatic heterocycles. The van der Waals surface area contributed by atoms with Crippen LogP contribution in [0.1, 0.15) is 38.5 Å². The SMILES string of the molecule is O=C1OC2=CCCCC2=C(C2=C3CCCC=C3OC(=O)C(=O)O2)OC1=O. The van der Waals surface area contributed by atoms with Crippen molar-refractivity contribution in [2.24, 2.45) is 0 Å². The van der Waals surface area contributed by atoms with Crippen LogP contribution in [0.5, 0.6) is 0 Å². The predicted octanol–water partition coefficient (Wildman–Crippen LogP) is 1.83. The topological polar surface area (TPSA) is 105 Å². The maximum Gasteiger partial charge on any atom is 0.423 e. The molecule has 2 aliphatic heterocycles. The zero-order chi connectivity index (χ0) is 18.3. The van der Waals surface area contributed by atoms with Crippen LogP contribution < -0.4 is 0 Å². The van der Waals surface area contributed by atoms with E-state index in [0.717, 1.165) is 12.8 Å². The largest absolute Gasteiger partial charge is 0.423 e. The fraction of sp³-hybridized carbons (Fsp3) is 0.333. The first-order chi connectivity index (χ1) is 12.5. The molecule has 134 valence electrons. The number of esters is 4. The average Bonchev–Trinajstić information content (AvgIpc) is 2.84. The Kier molecular flexibility index (Phi) is 3.95. The number of cyclic esters (lactones) is 2. The Morgan fingerprint density at radius 2 is 0.962 bits per heavy atom. The molecular formula is C18H14O8. The van der Waals surface area contributed by atoms with Crippen LogP contribution in [0.25, 0.3) is 0 Å². The van der Waals surface area contributed by atoms with E-state index < -0.39 is 23.9 Å². The van der Waals surface area contributed by atoms with E-state index in [1.54, 1.807) is 12.2 Å². The smallest absolute Gasteiger partial charge is 0.418 e. The summed E-state index contributed by atoms with van der Waals surface area (Å²) in [5.74, 6) is -4.45. The van der Waals surface area contributed by atoms with E-state index >= 15 is 0 Å². The minimum Gasteiger partial charge on any atom is -0.418 e. The lowest BCUT2D eigenvalue weighted by Crippen LogP contribution is -2.20. The summed E-state index contributed by atoms with van der Waals surface area (Å²) in [4.78, 5) is 47.5. The van der Waals surface area contributed by atoms with Gasteiger partial charge in [-0.1, -0.05) is 0 Å². The van der Waals surface area contributed by atoms with E-state index in [-0.39, 0.29) is 23.0 Å². The molecule has 0 aromatic carbocycles. The summed E-state index contributed by atoms with van der Waals surface area (Å²) in [6, 6.07) is 0. The first-order valence-corrected chi connectivity index (χ1v) is 8.30. The van der Waals surface area contributed by atoms with Crippen molar-refractivity contribution in [1.29, 1.82) is 0 Å². The molecule has 0 atom stereocenters. The first kappa shape index (κ1) is 16.3. The molecule has 0 N–H and O–H groups in total. The lowest BCUT2D eigenvalue weighted by Gasteiger charge is -2.20. The third kappa shape index (κ3) is 2.73. The molecule has 0 fully saturated rings. The van der Waals surface area contributed by atoms with Gasteiger partial charge in [-0.15, -0.1) is 0 Å². The van der Waals surface area contributed by atoms with Crippen LogP contribution in [0.3, 0.4) is 0 Å². The van der Waals surface area contributed by atoms with Gasteiger partial charge in [-0.3, -0.25) is 0 Å². The predicted molar refractivity (Wildman–Crippen MR) is 82.3 cm³/mol. The Labute approximate surface area is 147 Å². The fourth-order valence-corrected chi connectivity index (χ4v) is 3.22. The summed E-state index contributed by atoms with van der Waals surface area (Å²) in [5, 5.41) is 0. The summed E-state index contributed by atoms with van der Waals surface area (Å²) >= 11 is 0. The minimum absolute atomic E-state index is 0.0683. The molecule has 0 spiro atoms. The quantitative estimate of drug-likeness (QED) is 0.397. The van der Waals surface area contributed by atoms with Crippen LogP contribution >= 0.6 is 0 Å². The third-order valence-corrected chi connectivity index (χ3v) is 4.40. The summed E-state index contributed by atoms with van der Waals surface area (Å²) in [6.45, 7) is 0. The zero-order valence-electron chi connectivity index (χ0n) is 13.7. The molecule has 0 aromatic rings. The summed E-state index contributed by atoms with van der Waals surface area (Å²) in [5.41, 5.74) is 0.898. The van der Waals surface area contributed by atoms with Gasteiger partial charge in [0, 0.05) is 11.1 Å². The standard InChI is InChI=1S/C18H14O8/c19-15-17(21)25-13(9-5-1-3-7-11(9)23-15)14-10-6-2-4-8-12(10)24-16(20)18(22)26-14/h7-8H,1-6H2. The molecular weight excluding hydrogens is 344 g/mol. The maximum absolute atomic E-state index is 12.0. The van der Waals surface area contributed by atoms with Gasteiger partial charge in [0.2, 0.25) is 0 Å². The number of carbonyl (C=O) groups excluding carboxylic acids is 4. The van der Waals surface area contributed by atoms with Gasteiger partial charge in [0.1, 0.15) is 11.5 Å². The molecule has 4 rings (SSSR count). The van der Waals surface area contributed by atoms with E-state index in [0.29, 0.717) is 36.8 Å². The van der Waals surface area contributed by atoms with Crippen molar-refractivity contribution in [3.8, 4) is 0 Å². The molecule has 0 bridgehead atoms. The highest BCUT2D eigenvalue weighted by Crippen LogP contribution is 2.39. The highest BCUT2D eigenvalue weighted by molar-refractivity contribution is 6.31. The van der Waals surface area contributed by atoms with Crippen LogP contribution in [-0.2, 0) is 38.1 Å². The Morgan fingerprint density at radius 1 is 0.577 bits per heavy atom. The number of ether oxygens (including phenoxy) is 4. The molecule has 26 heavy (non-hydrogen) atoms. The Bertz CT molecular complexity index is 796. The number of carbonyl (C=O) groups is 4. The number of allylic oxidation sites excluding steroid dienone is 4. The second kappa shape index (κ2) is 6.29. The summed E-state index contributed by atoms with van der Waals surface area (Å²) in [7, 11) is 0. The number of rotatable bonds is 1. The van der Waals surface area contributed by atoms with Crippen molar-refractivity contribution >= 4 is 23.9 Å². The molecule has 8 heteroatoms. The van der Waals surface area contributed by atoms with Gasteiger partial charge >= 0.3 is 23.9 Å². The fourth-order valence-electron chi connectivity index (χ4n) is 3.22. The molecule has 0 radical (unpaired) electrons. The van der Waals surface area contributed by atoms with E-state index in [4.69, 9.17) is 18.9 Å². The Balaban J connectivity index is 1.92. The van der Waals surface area contributed by atoms with Crippen molar-refractivity contribution < 1.29 is 38.1 Å². The zero-order valence-corrected chi connectivity index (χ0v) is 13.7. The van der Waals surface area contributed by atoms with Crippen molar-refractivity contribution in [2.75, 3.05) is 0 Å². The van der Waals surface area contributed by atoms with Gasteiger partial charge in [0.15, 0.2) is 11.5 Å². The lowest BCUT2D eigenvalue weighted by molar-refractivity contribution is -0.163. The first-order valence-electron chi connectivity index (χ1n) is 8.30. The number of fused-ring (bicyclic) bond motifs is 2. The van der Waals surface area contributed by atoms with Crippen LogP contribution in [0.2, 0.25) is 0 Å². The maximum atomic E-state index is 12.0. The Hall–Kier alpha value is -3.16. The molecule has 8 nitrogen and oxygen atoms in total. The van der Waals surface area contributed by atoms with Crippen LogP contribution in [0.15, 0.2) is 46.3 Å². The molecule has 0 unspecified atom stereocenters. The summed E-state index contributed by atoms with van der Waals surface area (Å²) < 4.78 is 20.6. The van der Waals surface area contributed by atoms with E-state index in [1.807, 2.05) is 0 Å². The van der Waals surface area contributed by atoms with Gasteiger partial charge in [-0.25, -0.2) is 19.2 Å². The second-order valence-corrected chi connectivity index (χ2v) is 6.09. The van der Waals surface area contributed by atoms with Crippen molar-refractivity contribution in [2.45, 2.75) is 38.5 Å². The average molecular weight is 358 g/mol. The monoisotopic (exact) mass is 358 g/mol. The third-order valence-electron chi connectivity index (χ3n) is 4.40. The van der Waals surface area contributed by atoms with E-state index in [9.17, 15) is 19.2 Å². The number of hydrogen-bond donors (Lipinski definition) is 0. The minimum atomic E-state index is -1.22. The molecule has 0 amide bonds. The van der Waals surface area contributed by atoms with E-state index in [1.165, 1.54) is 0 Å². The van der Waals surface area contributed by atoms with Crippen LogP contribution in [-0.4, -0.2) is 23.9 Å². The normalized spacial score (nSPS) is 23.4. The van der Waals surface area contributed by atoms with Crippen molar-refractivity contribution in [1.82, 2.24) is 0 Å². The van der Waals surface area contributed by atoms with Crippen molar-refractivity contribution in [3.05, 3.63) is 46.3 Å². The van der Waals surface area contributed by atoms with Gasteiger partial charge < -0.3 is 18.9 Å². The highest BCUT2D eigenvalue weighted by atomic mass is 16.6. The van der Waals surface area contributed by atoms with Gasteiger partial charge in [-0.2, -0.15) is 0 Å². The lowest BCUT2D eigenvalue weighted by atomic mass is 9.94. The van der Waals surface area contributed by atoms with E-state index in [2.05, 4.69) is 0 Å². The van der Waals surface area contributed by atoms with Gasteiger partial charge in [0.05, 0.1) is 0 Å². The summed E-state index contributed by atoms with van der Waals surface area (Å²) in [6.07, 6.45) is 7.12. The number of hydrogen-bond acceptors (Lipinski definition) is 8. The van der Waals surface area contributed by atoms with Crippen LogP contribution in [0.4, 0.5) is 0 Å². The Morgan fingerprint density at radius 3 is 1.38 bits per heavy atom. The highest BCUT2D eigenvalue weighted by Gasteiger charge is 2.39. The van der Waals surface area contributed by atoms with Crippen molar-refractivity contribution in [3.63, 3.8) is 0 Å². The molecule has 2 heterocycles. The second-order valence-electron chi connectivity index (χ2n) is 6.09.